The number of nitrogens with zero attached hydrogens (tertiary/aromatic N) is 1. The third-order valence-corrected chi connectivity index (χ3v) is 3.63. The average Bonchev–Trinajstić information content (AvgIpc) is 2.40. The predicted octanol–water partition coefficient (Wildman–Crippen LogP) is 2.42. The summed E-state index contributed by atoms with van der Waals surface area (Å²) in [5.74, 6) is -0.00404. The van der Waals surface area contributed by atoms with Gasteiger partial charge in [-0.3, -0.25) is 9.69 Å². The highest BCUT2D eigenvalue weighted by Crippen LogP contribution is 2.23. The molecule has 1 aromatic rings. The number of benzene rings is 1. The smallest absolute Gasteiger partial charge is 0.324 e. The minimum Gasteiger partial charge on any atom is -0.497 e. The molecule has 1 atom stereocenters. The number of hydrogen-bond acceptors (Lipinski definition) is 3. The van der Waals surface area contributed by atoms with Gasteiger partial charge in [0, 0.05) is 6.42 Å². The van der Waals surface area contributed by atoms with Crippen molar-refractivity contribution in [2.75, 3.05) is 20.2 Å². The zero-order chi connectivity index (χ0) is 14.5. The third-order valence-electron chi connectivity index (χ3n) is 3.63. The third kappa shape index (κ3) is 3.47. The molecule has 0 fully saturated rings. The second-order valence-corrected chi connectivity index (χ2v) is 4.78. The van der Waals surface area contributed by atoms with Gasteiger partial charge in [0.15, 0.2) is 0 Å². The molecule has 0 amide bonds. The topological polar surface area (TPSA) is 49.8 Å². The van der Waals surface area contributed by atoms with Gasteiger partial charge in [-0.05, 0) is 37.7 Å². The Morgan fingerprint density at radius 3 is 2.16 bits per heavy atom. The lowest BCUT2D eigenvalue weighted by molar-refractivity contribution is -0.150. The molecular weight excluding hydrogens is 242 g/mol. The van der Waals surface area contributed by atoms with Gasteiger partial charge in [0.25, 0.3) is 0 Å². The fraction of sp³-hybridized carbons (Fsp3) is 0.533. The molecule has 4 heteroatoms. The van der Waals surface area contributed by atoms with E-state index in [-0.39, 0.29) is 0 Å². The van der Waals surface area contributed by atoms with Gasteiger partial charge in [-0.15, -0.1) is 0 Å². The van der Waals surface area contributed by atoms with E-state index in [0.29, 0.717) is 6.42 Å². The summed E-state index contributed by atoms with van der Waals surface area (Å²) in [7, 11) is 1.62. The highest BCUT2D eigenvalue weighted by molar-refractivity contribution is 5.78. The monoisotopic (exact) mass is 265 g/mol. The van der Waals surface area contributed by atoms with Crippen LogP contribution in [0.2, 0.25) is 0 Å². The number of ether oxygens (including phenoxy) is 1. The number of aliphatic carboxylic acids is 1. The number of rotatable bonds is 7. The molecule has 0 aliphatic heterocycles. The molecule has 19 heavy (non-hydrogen) atoms. The maximum absolute atomic E-state index is 11.6. The lowest BCUT2D eigenvalue weighted by Crippen LogP contribution is -2.53. The SMILES string of the molecule is CCN(CC)C(C)(Cc1ccc(OC)cc1)C(=O)O. The summed E-state index contributed by atoms with van der Waals surface area (Å²) in [4.78, 5) is 13.6. The molecule has 0 heterocycles. The highest BCUT2D eigenvalue weighted by Gasteiger charge is 2.38. The van der Waals surface area contributed by atoms with Crippen LogP contribution in [0.5, 0.6) is 5.75 Å². The lowest BCUT2D eigenvalue weighted by Gasteiger charge is -2.36. The standard InChI is InChI=1S/C15H23NO3/c1-5-16(6-2)15(3,14(17)18)11-12-7-9-13(19-4)10-8-12/h7-10H,5-6,11H2,1-4H3,(H,17,18). The van der Waals surface area contributed by atoms with Crippen molar-refractivity contribution >= 4 is 5.97 Å². The quantitative estimate of drug-likeness (QED) is 0.822. The molecule has 4 nitrogen and oxygen atoms in total. The number of likely N-dealkylation sites (N-methyl/N-ethyl adjacent to an activating group) is 1. The zero-order valence-electron chi connectivity index (χ0n) is 12.1. The first-order valence-corrected chi connectivity index (χ1v) is 6.59. The number of carbonyl (C=O) groups is 1. The van der Waals surface area contributed by atoms with Crippen molar-refractivity contribution in [2.45, 2.75) is 32.7 Å². The number of methoxy groups -OCH3 is 1. The van der Waals surface area contributed by atoms with E-state index in [1.165, 1.54) is 0 Å². The molecular formula is C15H23NO3. The van der Waals surface area contributed by atoms with Crippen molar-refractivity contribution in [3.8, 4) is 5.75 Å². The van der Waals surface area contributed by atoms with Crippen LogP contribution < -0.4 is 4.74 Å². The maximum atomic E-state index is 11.6. The van der Waals surface area contributed by atoms with Crippen LogP contribution in [0.4, 0.5) is 0 Å². The Morgan fingerprint density at radius 2 is 1.79 bits per heavy atom. The van der Waals surface area contributed by atoms with Crippen molar-refractivity contribution in [3.63, 3.8) is 0 Å². The largest absolute Gasteiger partial charge is 0.497 e. The molecule has 0 bridgehead atoms. The molecule has 1 N–H and O–H groups in total. The van der Waals surface area contributed by atoms with Crippen molar-refractivity contribution in [1.82, 2.24) is 4.90 Å². The Kier molecular flexibility index (Phi) is 5.36. The molecule has 0 saturated heterocycles. The molecule has 1 rings (SSSR count). The van der Waals surface area contributed by atoms with Gasteiger partial charge in [0.1, 0.15) is 11.3 Å². The molecule has 1 aromatic carbocycles. The van der Waals surface area contributed by atoms with Crippen molar-refractivity contribution in [2.24, 2.45) is 0 Å². The first-order chi connectivity index (χ1) is 8.97. The van der Waals surface area contributed by atoms with Crippen LogP contribution in [0.3, 0.4) is 0 Å². The van der Waals surface area contributed by atoms with Gasteiger partial charge in [-0.25, -0.2) is 0 Å². The van der Waals surface area contributed by atoms with Crippen LogP contribution in [0.25, 0.3) is 0 Å². The fourth-order valence-electron chi connectivity index (χ4n) is 2.39. The average molecular weight is 265 g/mol. The van der Waals surface area contributed by atoms with Gasteiger partial charge in [0.2, 0.25) is 0 Å². The van der Waals surface area contributed by atoms with Crippen molar-refractivity contribution in [1.29, 1.82) is 0 Å². The normalized spacial score (nSPS) is 14.2. The molecule has 0 aliphatic carbocycles. The summed E-state index contributed by atoms with van der Waals surface area (Å²) in [6, 6.07) is 7.56. The highest BCUT2D eigenvalue weighted by atomic mass is 16.5. The Balaban J connectivity index is 2.97. The van der Waals surface area contributed by atoms with E-state index in [4.69, 9.17) is 4.74 Å². The van der Waals surface area contributed by atoms with E-state index in [1.54, 1.807) is 14.0 Å². The van der Waals surface area contributed by atoms with E-state index in [9.17, 15) is 9.90 Å². The van der Waals surface area contributed by atoms with Crippen LogP contribution >= 0.6 is 0 Å². The number of carboxylic acid groups (broad SMARTS) is 1. The maximum Gasteiger partial charge on any atom is 0.324 e. The van der Waals surface area contributed by atoms with Crippen molar-refractivity contribution < 1.29 is 14.6 Å². The summed E-state index contributed by atoms with van der Waals surface area (Å²) in [5, 5.41) is 9.56. The molecule has 1 unspecified atom stereocenters. The van der Waals surface area contributed by atoms with Gasteiger partial charge in [-0.1, -0.05) is 26.0 Å². The first kappa shape index (κ1) is 15.5. The molecule has 0 radical (unpaired) electrons. The van der Waals surface area contributed by atoms with E-state index in [0.717, 1.165) is 24.4 Å². The van der Waals surface area contributed by atoms with E-state index >= 15 is 0 Å². The van der Waals surface area contributed by atoms with Crippen LogP contribution in [0.15, 0.2) is 24.3 Å². The molecule has 0 aliphatic rings. The minimum atomic E-state index is -0.877. The van der Waals surface area contributed by atoms with E-state index in [1.807, 2.05) is 43.0 Å². The summed E-state index contributed by atoms with van der Waals surface area (Å²) >= 11 is 0. The van der Waals surface area contributed by atoms with Crippen molar-refractivity contribution in [3.05, 3.63) is 29.8 Å². The van der Waals surface area contributed by atoms with Gasteiger partial charge < -0.3 is 9.84 Å². The zero-order valence-corrected chi connectivity index (χ0v) is 12.1. The lowest BCUT2D eigenvalue weighted by atomic mass is 9.90. The predicted molar refractivity (Wildman–Crippen MR) is 75.7 cm³/mol. The Bertz CT molecular complexity index is 412. The van der Waals surface area contributed by atoms with E-state index in [2.05, 4.69) is 0 Å². The minimum absolute atomic E-state index is 0.480. The molecule has 0 aromatic heterocycles. The number of carboxylic acids is 1. The fourth-order valence-corrected chi connectivity index (χ4v) is 2.39. The van der Waals surface area contributed by atoms with Crippen LogP contribution in [-0.4, -0.2) is 41.7 Å². The Labute approximate surface area is 115 Å². The summed E-state index contributed by atoms with van der Waals surface area (Å²) < 4.78 is 5.11. The number of hydrogen-bond donors (Lipinski definition) is 1. The van der Waals surface area contributed by atoms with Gasteiger partial charge >= 0.3 is 5.97 Å². The van der Waals surface area contributed by atoms with Crippen LogP contribution in [-0.2, 0) is 11.2 Å². The Morgan fingerprint density at radius 1 is 1.26 bits per heavy atom. The summed E-state index contributed by atoms with van der Waals surface area (Å²) in [5.41, 5.74) is 0.121. The molecule has 0 saturated carbocycles. The summed E-state index contributed by atoms with van der Waals surface area (Å²) in [6.07, 6.45) is 0.480. The van der Waals surface area contributed by atoms with Crippen LogP contribution in [0.1, 0.15) is 26.3 Å². The van der Waals surface area contributed by atoms with Gasteiger partial charge in [0.05, 0.1) is 7.11 Å². The first-order valence-electron chi connectivity index (χ1n) is 6.59. The summed E-state index contributed by atoms with van der Waals surface area (Å²) in [6.45, 7) is 7.19. The van der Waals surface area contributed by atoms with Crippen LogP contribution in [0, 0.1) is 0 Å². The molecule has 106 valence electrons. The second kappa shape index (κ2) is 6.57. The molecule has 0 spiro atoms. The van der Waals surface area contributed by atoms with E-state index < -0.39 is 11.5 Å². The second-order valence-electron chi connectivity index (χ2n) is 4.78. The van der Waals surface area contributed by atoms with Gasteiger partial charge in [-0.2, -0.15) is 0 Å². The Hall–Kier alpha value is -1.55.